The lowest BCUT2D eigenvalue weighted by Crippen LogP contribution is -2.36. The minimum absolute atomic E-state index is 0.0288. The molecule has 118 valence electrons. The summed E-state index contributed by atoms with van der Waals surface area (Å²) in [6.07, 6.45) is 5.48. The second-order valence-corrected chi connectivity index (χ2v) is 7.04. The van der Waals surface area contributed by atoms with Crippen LogP contribution in [0.15, 0.2) is 4.52 Å². The van der Waals surface area contributed by atoms with E-state index in [4.69, 9.17) is 14.2 Å². The van der Waals surface area contributed by atoms with Crippen molar-refractivity contribution in [3.8, 4) is 0 Å². The molecule has 21 heavy (non-hydrogen) atoms. The van der Waals surface area contributed by atoms with Gasteiger partial charge in [0.05, 0.1) is 5.41 Å². The fourth-order valence-corrected chi connectivity index (χ4v) is 3.83. The van der Waals surface area contributed by atoms with E-state index in [1.807, 2.05) is 6.92 Å². The van der Waals surface area contributed by atoms with Crippen LogP contribution in [0.4, 0.5) is 0 Å². The van der Waals surface area contributed by atoms with Crippen molar-refractivity contribution in [2.24, 2.45) is 5.92 Å². The molecule has 1 saturated carbocycles. The first-order valence-electron chi connectivity index (χ1n) is 8.27. The van der Waals surface area contributed by atoms with Gasteiger partial charge in [0, 0.05) is 13.2 Å². The van der Waals surface area contributed by atoms with Crippen LogP contribution >= 0.6 is 0 Å². The summed E-state index contributed by atoms with van der Waals surface area (Å²) < 4.78 is 11.8. The molecule has 0 aromatic carbocycles. The third-order valence-corrected chi connectivity index (χ3v) is 5.09. The molecule has 5 heteroatoms. The molecule has 1 N–H and O–H groups in total. The maximum Gasteiger partial charge on any atom is 0.234 e. The zero-order valence-corrected chi connectivity index (χ0v) is 13.4. The van der Waals surface area contributed by atoms with Crippen molar-refractivity contribution in [2.75, 3.05) is 19.7 Å². The van der Waals surface area contributed by atoms with Gasteiger partial charge in [0.1, 0.15) is 5.60 Å². The molecule has 0 spiro atoms. The van der Waals surface area contributed by atoms with E-state index in [1.54, 1.807) is 0 Å². The Kier molecular flexibility index (Phi) is 4.06. The number of rotatable bonds is 4. The van der Waals surface area contributed by atoms with Gasteiger partial charge in [0.2, 0.25) is 11.7 Å². The van der Waals surface area contributed by atoms with Gasteiger partial charge in [-0.05, 0) is 52.0 Å². The second kappa shape index (κ2) is 5.69. The molecule has 2 fully saturated rings. The van der Waals surface area contributed by atoms with Gasteiger partial charge >= 0.3 is 0 Å². The first-order chi connectivity index (χ1) is 10.1. The van der Waals surface area contributed by atoms with Gasteiger partial charge in [-0.15, -0.1) is 0 Å². The smallest absolute Gasteiger partial charge is 0.234 e. The Morgan fingerprint density at radius 3 is 2.95 bits per heavy atom. The molecule has 0 amide bonds. The first-order valence-corrected chi connectivity index (χ1v) is 8.27. The highest BCUT2D eigenvalue weighted by Crippen LogP contribution is 2.42. The maximum atomic E-state index is 6.14. The van der Waals surface area contributed by atoms with Gasteiger partial charge < -0.3 is 14.6 Å². The summed E-state index contributed by atoms with van der Waals surface area (Å²) in [5.41, 5.74) is -0.366. The zero-order chi connectivity index (χ0) is 14.9. The van der Waals surface area contributed by atoms with E-state index >= 15 is 0 Å². The average molecular weight is 293 g/mol. The number of aromatic nitrogens is 2. The van der Waals surface area contributed by atoms with Gasteiger partial charge in [0.15, 0.2) is 0 Å². The van der Waals surface area contributed by atoms with Gasteiger partial charge in [-0.2, -0.15) is 4.98 Å². The molecule has 3 unspecified atom stereocenters. The topological polar surface area (TPSA) is 60.2 Å². The third kappa shape index (κ3) is 2.73. The standard InChI is InChI=1S/C16H27N3O2/c1-4-20-16(7-5-6-12(2)10-16)13-18-14(21-19-13)15(3)8-9-17-11-15/h12,17H,4-11H2,1-3H3. The normalized spacial score (nSPS) is 37.0. The Bertz CT molecular complexity index is 478. The van der Waals surface area contributed by atoms with E-state index in [0.717, 1.165) is 44.1 Å². The number of ether oxygens (including phenoxy) is 1. The number of nitrogens with zero attached hydrogens (tertiary/aromatic N) is 2. The van der Waals surface area contributed by atoms with Gasteiger partial charge in [-0.3, -0.25) is 0 Å². The second-order valence-electron chi connectivity index (χ2n) is 7.04. The molecule has 2 heterocycles. The summed E-state index contributed by atoms with van der Waals surface area (Å²) in [6, 6.07) is 0. The predicted octanol–water partition coefficient (Wildman–Crippen LogP) is 2.76. The van der Waals surface area contributed by atoms with Crippen molar-refractivity contribution in [1.29, 1.82) is 0 Å². The van der Waals surface area contributed by atoms with Crippen LogP contribution in [-0.2, 0) is 15.8 Å². The lowest BCUT2D eigenvalue weighted by atomic mass is 9.78. The fourth-order valence-electron chi connectivity index (χ4n) is 3.83. The summed E-state index contributed by atoms with van der Waals surface area (Å²) in [6.45, 7) is 9.14. The summed E-state index contributed by atoms with van der Waals surface area (Å²) in [7, 11) is 0. The van der Waals surface area contributed by atoms with Crippen LogP contribution in [0, 0.1) is 5.92 Å². The van der Waals surface area contributed by atoms with Crippen molar-refractivity contribution in [3.05, 3.63) is 11.7 Å². The van der Waals surface area contributed by atoms with Crippen LogP contribution in [0.5, 0.6) is 0 Å². The molecule has 0 radical (unpaired) electrons. The van der Waals surface area contributed by atoms with Crippen LogP contribution in [-0.4, -0.2) is 29.8 Å². The van der Waals surface area contributed by atoms with Crippen molar-refractivity contribution in [2.45, 2.75) is 63.9 Å². The van der Waals surface area contributed by atoms with Crippen molar-refractivity contribution < 1.29 is 9.26 Å². The van der Waals surface area contributed by atoms with E-state index in [-0.39, 0.29) is 11.0 Å². The number of hydrogen-bond donors (Lipinski definition) is 1. The van der Waals surface area contributed by atoms with E-state index in [2.05, 4.69) is 24.3 Å². The molecular weight excluding hydrogens is 266 g/mol. The van der Waals surface area contributed by atoms with Crippen LogP contribution in [0.1, 0.15) is 64.6 Å². The molecule has 1 aromatic rings. The van der Waals surface area contributed by atoms with Crippen molar-refractivity contribution >= 4 is 0 Å². The minimum Gasteiger partial charge on any atom is -0.367 e. The summed E-state index contributed by atoms with van der Waals surface area (Å²) in [5.74, 6) is 2.18. The SMILES string of the molecule is CCOC1(c2noc(C3(C)CCNC3)n2)CCCC(C)C1. The summed E-state index contributed by atoms with van der Waals surface area (Å²) in [4.78, 5) is 4.77. The lowest BCUT2D eigenvalue weighted by molar-refractivity contribution is -0.0891. The maximum absolute atomic E-state index is 6.14. The van der Waals surface area contributed by atoms with Crippen molar-refractivity contribution in [3.63, 3.8) is 0 Å². The fraction of sp³-hybridized carbons (Fsp3) is 0.875. The molecule has 1 aromatic heterocycles. The summed E-state index contributed by atoms with van der Waals surface area (Å²) in [5, 5.41) is 7.70. The Morgan fingerprint density at radius 2 is 2.29 bits per heavy atom. The van der Waals surface area contributed by atoms with Crippen LogP contribution < -0.4 is 5.32 Å². The quantitative estimate of drug-likeness (QED) is 0.925. The molecule has 2 aliphatic rings. The molecular formula is C16H27N3O2. The van der Waals surface area contributed by atoms with Gasteiger partial charge in [-0.1, -0.05) is 18.5 Å². The van der Waals surface area contributed by atoms with Crippen LogP contribution in [0.3, 0.4) is 0 Å². The van der Waals surface area contributed by atoms with Crippen molar-refractivity contribution in [1.82, 2.24) is 15.5 Å². The molecule has 3 rings (SSSR count). The molecule has 1 saturated heterocycles. The van der Waals surface area contributed by atoms with E-state index in [1.165, 1.54) is 12.8 Å². The first kappa shape index (κ1) is 15.0. The van der Waals surface area contributed by atoms with Crippen LogP contribution in [0.2, 0.25) is 0 Å². The Balaban J connectivity index is 1.88. The number of hydrogen-bond acceptors (Lipinski definition) is 5. The third-order valence-electron chi connectivity index (χ3n) is 5.09. The lowest BCUT2D eigenvalue weighted by Gasteiger charge is -2.37. The molecule has 1 aliphatic carbocycles. The Labute approximate surface area is 126 Å². The van der Waals surface area contributed by atoms with Gasteiger partial charge in [-0.25, -0.2) is 0 Å². The predicted molar refractivity (Wildman–Crippen MR) is 80.1 cm³/mol. The number of nitrogens with one attached hydrogen (secondary N) is 1. The van der Waals surface area contributed by atoms with Crippen LogP contribution in [0.25, 0.3) is 0 Å². The van der Waals surface area contributed by atoms with E-state index in [9.17, 15) is 0 Å². The monoisotopic (exact) mass is 293 g/mol. The van der Waals surface area contributed by atoms with E-state index in [0.29, 0.717) is 12.5 Å². The highest BCUT2D eigenvalue weighted by molar-refractivity contribution is 5.11. The van der Waals surface area contributed by atoms with Gasteiger partial charge in [0.25, 0.3) is 0 Å². The summed E-state index contributed by atoms with van der Waals surface area (Å²) >= 11 is 0. The molecule has 3 atom stereocenters. The Hall–Kier alpha value is -0.940. The largest absolute Gasteiger partial charge is 0.367 e. The molecule has 1 aliphatic heterocycles. The average Bonchev–Trinajstić information content (AvgIpc) is 3.09. The molecule has 5 nitrogen and oxygen atoms in total. The zero-order valence-electron chi connectivity index (χ0n) is 13.4. The highest BCUT2D eigenvalue weighted by Gasteiger charge is 2.44. The Morgan fingerprint density at radius 1 is 1.43 bits per heavy atom. The highest BCUT2D eigenvalue weighted by atomic mass is 16.5. The molecule has 0 bridgehead atoms. The minimum atomic E-state index is -0.337. The van der Waals surface area contributed by atoms with E-state index < -0.39 is 0 Å².